The fraction of sp³-hybridized carbons (Fsp3) is 0.556. The fourth-order valence-corrected chi connectivity index (χ4v) is 1.46. The predicted molar refractivity (Wildman–Crippen MR) is 55.9 cm³/mol. The number of carbonyl (C=O) groups excluding carboxylic acids is 2. The van der Waals surface area contributed by atoms with Crippen LogP contribution in [0.4, 0.5) is 9.59 Å². The first kappa shape index (κ1) is 11.8. The third-order valence-corrected chi connectivity index (χ3v) is 2.35. The monoisotopic (exact) mass is 232 g/mol. The standard InChI is InChI=1S/C9H13ClN2O3/c1-2-7-15-9(14)12-5-3-11(4-6-12)8(10)13/h2H,1,3-7H2. The minimum atomic E-state index is -0.478. The van der Waals surface area contributed by atoms with Crippen molar-refractivity contribution in [3.63, 3.8) is 0 Å². The third-order valence-electron chi connectivity index (χ3n) is 2.11. The summed E-state index contributed by atoms with van der Waals surface area (Å²) in [6.07, 6.45) is 1.13. The molecule has 1 aliphatic heterocycles. The highest BCUT2D eigenvalue weighted by Gasteiger charge is 2.23. The molecule has 6 heteroatoms. The van der Waals surface area contributed by atoms with Gasteiger partial charge in [-0.05, 0) is 11.6 Å². The molecule has 0 saturated carbocycles. The predicted octanol–water partition coefficient (Wildman–Crippen LogP) is 1.29. The van der Waals surface area contributed by atoms with Crippen LogP contribution in [-0.4, -0.2) is 54.0 Å². The second-order valence-electron chi connectivity index (χ2n) is 3.09. The van der Waals surface area contributed by atoms with Crippen LogP contribution in [0.15, 0.2) is 12.7 Å². The average molecular weight is 233 g/mol. The van der Waals surface area contributed by atoms with Crippen molar-refractivity contribution < 1.29 is 14.3 Å². The minimum Gasteiger partial charge on any atom is -0.445 e. The van der Waals surface area contributed by atoms with E-state index in [1.165, 1.54) is 11.0 Å². The van der Waals surface area contributed by atoms with Gasteiger partial charge in [0.15, 0.2) is 0 Å². The molecule has 0 aromatic carbocycles. The maximum atomic E-state index is 11.4. The lowest BCUT2D eigenvalue weighted by atomic mass is 10.3. The van der Waals surface area contributed by atoms with Gasteiger partial charge in [0.25, 0.3) is 0 Å². The van der Waals surface area contributed by atoms with Gasteiger partial charge in [0.2, 0.25) is 0 Å². The molecule has 1 fully saturated rings. The zero-order valence-electron chi connectivity index (χ0n) is 8.32. The summed E-state index contributed by atoms with van der Waals surface area (Å²) < 4.78 is 4.86. The smallest absolute Gasteiger partial charge is 0.410 e. The maximum Gasteiger partial charge on any atom is 0.410 e. The van der Waals surface area contributed by atoms with Gasteiger partial charge in [-0.2, -0.15) is 0 Å². The molecule has 5 nitrogen and oxygen atoms in total. The third kappa shape index (κ3) is 3.43. The summed E-state index contributed by atoms with van der Waals surface area (Å²) >= 11 is 5.31. The van der Waals surface area contributed by atoms with Gasteiger partial charge in [0.1, 0.15) is 6.61 Å². The molecule has 0 radical (unpaired) electrons. The molecule has 15 heavy (non-hydrogen) atoms. The summed E-state index contributed by atoms with van der Waals surface area (Å²) in [5, 5.41) is -0.478. The zero-order chi connectivity index (χ0) is 11.3. The molecule has 84 valence electrons. The van der Waals surface area contributed by atoms with Crippen LogP contribution < -0.4 is 0 Å². The van der Waals surface area contributed by atoms with E-state index >= 15 is 0 Å². The first-order chi connectivity index (χ1) is 7.15. The van der Waals surface area contributed by atoms with Crippen molar-refractivity contribution in [1.29, 1.82) is 0 Å². The molecule has 0 aromatic rings. The molecular formula is C9H13ClN2O3. The summed E-state index contributed by atoms with van der Waals surface area (Å²) in [5.74, 6) is 0. The summed E-state index contributed by atoms with van der Waals surface area (Å²) in [7, 11) is 0. The highest BCUT2D eigenvalue weighted by molar-refractivity contribution is 6.62. The summed E-state index contributed by atoms with van der Waals surface area (Å²) in [4.78, 5) is 25.2. The molecule has 0 aliphatic carbocycles. The van der Waals surface area contributed by atoms with Crippen LogP contribution in [0.5, 0.6) is 0 Å². The van der Waals surface area contributed by atoms with Crippen LogP contribution in [0.3, 0.4) is 0 Å². The SMILES string of the molecule is C=CCOC(=O)N1CCN(C(=O)Cl)CC1. The number of rotatable bonds is 2. The fourth-order valence-electron chi connectivity index (χ4n) is 1.29. The number of hydrogen-bond donors (Lipinski definition) is 0. The normalized spacial score (nSPS) is 16.1. The van der Waals surface area contributed by atoms with Gasteiger partial charge in [0.05, 0.1) is 0 Å². The Bertz CT molecular complexity index is 262. The molecule has 1 rings (SSSR count). The van der Waals surface area contributed by atoms with Gasteiger partial charge in [-0.3, -0.25) is 4.79 Å². The van der Waals surface area contributed by atoms with Crippen LogP contribution >= 0.6 is 11.6 Å². The molecule has 1 aliphatic rings. The van der Waals surface area contributed by atoms with Crippen LogP contribution in [0.25, 0.3) is 0 Å². The number of halogens is 1. The number of piperazine rings is 1. The number of amides is 2. The van der Waals surface area contributed by atoms with E-state index < -0.39 is 5.37 Å². The highest BCUT2D eigenvalue weighted by atomic mass is 35.5. The van der Waals surface area contributed by atoms with Gasteiger partial charge in [-0.1, -0.05) is 12.7 Å². The molecule has 2 amide bonds. The number of nitrogens with zero attached hydrogens (tertiary/aromatic N) is 2. The molecule has 1 heterocycles. The van der Waals surface area contributed by atoms with Gasteiger partial charge >= 0.3 is 11.5 Å². The second-order valence-corrected chi connectivity index (χ2v) is 3.42. The van der Waals surface area contributed by atoms with Crippen LogP contribution in [0.2, 0.25) is 0 Å². The lowest BCUT2D eigenvalue weighted by Crippen LogP contribution is -2.49. The van der Waals surface area contributed by atoms with Crippen molar-refractivity contribution in [1.82, 2.24) is 9.80 Å². The van der Waals surface area contributed by atoms with E-state index in [0.717, 1.165) is 0 Å². The Balaban J connectivity index is 2.33. The topological polar surface area (TPSA) is 49.9 Å². The first-order valence-electron chi connectivity index (χ1n) is 4.62. The Hall–Kier alpha value is -1.23. The Kier molecular flexibility index (Phi) is 4.42. The molecular weight excluding hydrogens is 220 g/mol. The largest absolute Gasteiger partial charge is 0.445 e. The zero-order valence-corrected chi connectivity index (χ0v) is 9.07. The van der Waals surface area contributed by atoms with Crippen molar-refractivity contribution in [3.8, 4) is 0 Å². The maximum absolute atomic E-state index is 11.4. The van der Waals surface area contributed by atoms with Crippen molar-refractivity contribution in [2.45, 2.75) is 0 Å². The van der Waals surface area contributed by atoms with Crippen molar-refractivity contribution in [2.75, 3.05) is 32.8 Å². The Morgan fingerprint density at radius 2 is 1.80 bits per heavy atom. The Morgan fingerprint density at radius 3 is 2.27 bits per heavy atom. The number of carbonyl (C=O) groups is 2. The van der Waals surface area contributed by atoms with Crippen LogP contribution in [0.1, 0.15) is 0 Å². The van der Waals surface area contributed by atoms with E-state index in [-0.39, 0.29) is 12.7 Å². The van der Waals surface area contributed by atoms with Gasteiger partial charge in [-0.25, -0.2) is 4.79 Å². The lowest BCUT2D eigenvalue weighted by molar-refractivity contribution is 0.0921. The van der Waals surface area contributed by atoms with E-state index in [9.17, 15) is 9.59 Å². The van der Waals surface area contributed by atoms with E-state index in [0.29, 0.717) is 26.2 Å². The average Bonchev–Trinajstić information content (AvgIpc) is 2.26. The summed E-state index contributed by atoms with van der Waals surface area (Å²) in [6.45, 7) is 5.45. The van der Waals surface area contributed by atoms with E-state index in [2.05, 4.69) is 6.58 Å². The molecule has 0 N–H and O–H groups in total. The lowest BCUT2D eigenvalue weighted by Gasteiger charge is -2.32. The molecule has 0 spiro atoms. The van der Waals surface area contributed by atoms with Gasteiger partial charge < -0.3 is 14.5 Å². The van der Waals surface area contributed by atoms with E-state index in [4.69, 9.17) is 16.3 Å². The molecule has 0 atom stereocenters. The van der Waals surface area contributed by atoms with E-state index in [1.54, 1.807) is 4.90 Å². The molecule has 0 bridgehead atoms. The molecule has 1 saturated heterocycles. The van der Waals surface area contributed by atoms with Crippen molar-refractivity contribution in [3.05, 3.63) is 12.7 Å². The van der Waals surface area contributed by atoms with E-state index in [1.807, 2.05) is 0 Å². The van der Waals surface area contributed by atoms with Crippen molar-refractivity contribution >= 4 is 23.1 Å². The second kappa shape index (κ2) is 5.60. The Labute approximate surface area is 93.2 Å². The summed E-state index contributed by atoms with van der Waals surface area (Å²) in [6, 6.07) is 0. The quantitative estimate of drug-likeness (QED) is 0.410. The first-order valence-corrected chi connectivity index (χ1v) is 5.00. The molecule has 0 unspecified atom stereocenters. The van der Waals surface area contributed by atoms with Crippen LogP contribution in [-0.2, 0) is 4.74 Å². The molecule has 0 aromatic heterocycles. The Morgan fingerprint density at radius 1 is 1.27 bits per heavy atom. The summed E-state index contributed by atoms with van der Waals surface area (Å²) in [5.41, 5.74) is 0. The van der Waals surface area contributed by atoms with Gasteiger partial charge in [0, 0.05) is 26.2 Å². The van der Waals surface area contributed by atoms with Crippen LogP contribution in [0, 0.1) is 0 Å². The highest BCUT2D eigenvalue weighted by Crippen LogP contribution is 2.06. The number of ether oxygens (including phenoxy) is 1. The number of hydrogen-bond acceptors (Lipinski definition) is 3. The van der Waals surface area contributed by atoms with Crippen molar-refractivity contribution in [2.24, 2.45) is 0 Å². The van der Waals surface area contributed by atoms with Gasteiger partial charge in [-0.15, -0.1) is 0 Å². The minimum absolute atomic E-state index is 0.202.